The van der Waals surface area contributed by atoms with Gasteiger partial charge in [0.1, 0.15) is 5.75 Å². The number of esters is 1. The van der Waals surface area contributed by atoms with E-state index in [1.54, 1.807) is 19.2 Å². The Kier molecular flexibility index (Phi) is 6.06. The third kappa shape index (κ3) is 5.89. The molecule has 0 heterocycles. The summed E-state index contributed by atoms with van der Waals surface area (Å²) in [5, 5.41) is 9.07. The van der Waals surface area contributed by atoms with E-state index in [1.165, 1.54) is 12.1 Å². The first-order chi connectivity index (χ1) is 8.22. The third-order valence-corrected chi connectivity index (χ3v) is 2.02. The Morgan fingerprint density at radius 1 is 1.24 bits per heavy atom. The maximum absolute atomic E-state index is 11.3. The molecule has 5 nitrogen and oxygen atoms in total. The van der Waals surface area contributed by atoms with E-state index in [9.17, 15) is 4.79 Å². The summed E-state index contributed by atoms with van der Waals surface area (Å²) >= 11 is 0. The second-order valence-electron chi connectivity index (χ2n) is 3.38. The minimum atomic E-state index is -0.367. The van der Waals surface area contributed by atoms with Crippen molar-refractivity contribution in [2.45, 2.75) is 6.42 Å². The number of hydrogen-bond acceptors (Lipinski definition) is 5. The van der Waals surface area contributed by atoms with Crippen LogP contribution in [0.25, 0.3) is 0 Å². The maximum atomic E-state index is 11.3. The summed E-state index contributed by atoms with van der Waals surface area (Å²) in [6.07, 6.45) is 0.161. The highest BCUT2D eigenvalue weighted by molar-refractivity contribution is 5.72. The second-order valence-corrected chi connectivity index (χ2v) is 3.38. The van der Waals surface area contributed by atoms with E-state index in [-0.39, 0.29) is 24.9 Å². The fourth-order valence-electron chi connectivity index (χ4n) is 1.14. The van der Waals surface area contributed by atoms with E-state index in [0.29, 0.717) is 13.2 Å². The number of carbonyl (C=O) groups is 1. The predicted molar refractivity (Wildman–Crippen MR) is 60.6 cm³/mol. The highest BCUT2D eigenvalue weighted by Crippen LogP contribution is 2.10. The smallest absolute Gasteiger partial charge is 0.312 e. The standard InChI is InChI=1S/C12H16O5/c1-15-6-7-16-9-17-12(14)8-10-2-4-11(13)5-3-10/h2-5,13H,6-9H2,1H3. The van der Waals surface area contributed by atoms with E-state index >= 15 is 0 Å². The van der Waals surface area contributed by atoms with Gasteiger partial charge in [0.05, 0.1) is 19.6 Å². The number of carbonyl (C=O) groups excluding carboxylic acids is 1. The minimum Gasteiger partial charge on any atom is -0.508 e. The van der Waals surface area contributed by atoms with E-state index in [0.717, 1.165) is 5.56 Å². The zero-order chi connectivity index (χ0) is 12.5. The first-order valence-corrected chi connectivity index (χ1v) is 5.22. The maximum Gasteiger partial charge on any atom is 0.312 e. The van der Waals surface area contributed by atoms with Crippen molar-refractivity contribution in [1.29, 1.82) is 0 Å². The van der Waals surface area contributed by atoms with Crippen LogP contribution in [0, 0.1) is 0 Å². The van der Waals surface area contributed by atoms with Crippen molar-refractivity contribution in [3.8, 4) is 5.75 Å². The molecule has 1 N–H and O–H groups in total. The van der Waals surface area contributed by atoms with Gasteiger partial charge in [-0.2, -0.15) is 0 Å². The van der Waals surface area contributed by atoms with Crippen LogP contribution in [0.15, 0.2) is 24.3 Å². The van der Waals surface area contributed by atoms with Gasteiger partial charge in [0.25, 0.3) is 0 Å². The fraction of sp³-hybridized carbons (Fsp3) is 0.417. The highest BCUT2D eigenvalue weighted by atomic mass is 16.7. The van der Waals surface area contributed by atoms with Crippen molar-refractivity contribution in [1.82, 2.24) is 0 Å². The van der Waals surface area contributed by atoms with Gasteiger partial charge >= 0.3 is 5.97 Å². The van der Waals surface area contributed by atoms with Gasteiger partial charge in [-0.15, -0.1) is 0 Å². The molecule has 94 valence electrons. The van der Waals surface area contributed by atoms with Crippen LogP contribution in [0.2, 0.25) is 0 Å². The molecule has 0 aliphatic carbocycles. The Bertz CT molecular complexity index is 333. The molecular weight excluding hydrogens is 224 g/mol. The zero-order valence-electron chi connectivity index (χ0n) is 9.72. The van der Waals surface area contributed by atoms with Gasteiger partial charge in [0, 0.05) is 7.11 Å². The molecule has 5 heteroatoms. The van der Waals surface area contributed by atoms with E-state index in [2.05, 4.69) is 0 Å². The normalized spacial score (nSPS) is 10.2. The van der Waals surface area contributed by atoms with E-state index in [1.807, 2.05) is 0 Å². The quantitative estimate of drug-likeness (QED) is 0.439. The van der Waals surface area contributed by atoms with Gasteiger partial charge in [-0.3, -0.25) is 4.79 Å². The topological polar surface area (TPSA) is 65.0 Å². The van der Waals surface area contributed by atoms with Crippen molar-refractivity contribution in [2.75, 3.05) is 27.1 Å². The van der Waals surface area contributed by atoms with Gasteiger partial charge in [-0.05, 0) is 17.7 Å². The number of ether oxygens (including phenoxy) is 3. The van der Waals surface area contributed by atoms with Gasteiger partial charge in [-0.1, -0.05) is 12.1 Å². The molecule has 0 atom stereocenters. The SMILES string of the molecule is COCCOCOC(=O)Cc1ccc(O)cc1. The highest BCUT2D eigenvalue weighted by Gasteiger charge is 2.04. The molecule has 17 heavy (non-hydrogen) atoms. The summed E-state index contributed by atoms with van der Waals surface area (Å²) in [5.41, 5.74) is 0.782. The molecular formula is C12H16O5. The van der Waals surface area contributed by atoms with Crippen LogP contribution in [0.5, 0.6) is 5.75 Å². The summed E-state index contributed by atoms with van der Waals surface area (Å²) in [4.78, 5) is 11.3. The lowest BCUT2D eigenvalue weighted by Crippen LogP contribution is -2.12. The molecule has 0 bridgehead atoms. The Morgan fingerprint density at radius 3 is 2.59 bits per heavy atom. The molecule has 1 aromatic rings. The lowest BCUT2D eigenvalue weighted by molar-refractivity contribution is -0.156. The predicted octanol–water partition coefficient (Wildman–Crippen LogP) is 1.10. The lowest BCUT2D eigenvalue weighted by atomic mass is 10.1. The first-order valence-electron chi connectivity index (χ1n) is 5.22. The monoisotopic (exact) mass is 240 g/mol. The van der Waals surface area contributed by atoms with Crippen LogP contribution in [0.4, 0.5) is 0 Å². The largest absolute Gasteiger partial charge is 0.508 e. The summed E-state index contributed by atoms with van der Waals surface area (Å²) in [6.45, 7) is 0.790. The number of phenolic OH excluding ortho intramolecular Hbond substituents is 1. The third-order valence-electron chi connectivity index (χ3n) is 2.02. The number of hydrogen-bond donors (Lipinski definition) is 1. The minimum absolute atomic E-state index is 0.0692. The average molecular weight is 240 g/mol. The Labute approximate surface area is 99.9 Å². The molecule has 1 aromatic carbocycles. The molecule has 0 aliphatic rings. The van der Waals surface area contributed by atoms with Crippen LogP contribution < -0.4 is 0 Å². The van der Waals surface area contributed by atoms with Crippen LogP contribution in [-0.2, 0) is 25.4 Å². The number of phenols is 1. The molecule has 0 unspecified atom stereocenters. The molecule has 0 saturated carbocycles. The van der Waals surface area contributed by atoms with Crippen LogP contribution in [0.3, 0.4) is 0 Å². The van der Waals surface area contributed by atoms with E-state index in [4.69, 9.17) is 19.3 Å². The molecule has 0 radical (unpaired) electrons. The molecule has 0 aliphatic heterocycles. The number of rotatable bonds is 7. The van der Waals surface area contributed by atoms with Crippen molar-refractivity contribution in [2.24, 2.45) is 0 Å². The summed E-state index contributed by atoms with van der Waals surface area (Å²) < 4.78 is 14.6. The number of aromatic hydroxyl groups is 1. The van der Waals surface area contributed by atoms with E-state index < -0.39 is 0 Å². The summed E-state index contributed by atoms with van der Waals surface area (Å²) in [5.74, 6) is -0.196. The molecule has 0 spiro atoms. The van der Waals surface area contributed by atoms with Crippen molar-refractivity contribution in [3.63, 3.8) is 0 Å². The lowest BCUT2D eigenvalue weighted by Gasteiger charge is -2.05. The number of benzene rings is 1. The van der Waals surface area contributed by atoms with Crippen molar-refractivity contribution >= 4 is 5.97 Å². The van der Waals surface area contributed by atoms with Gasteiger partial charge in [0.15, 0.2) is 6.79 Å². The molecule has 0 saturated heterocycles. The summed E-state index contributed by atoms with van der Waals surface area (Å²) in [7, 11) is 1.57. The van der Waals surface area contributed by atoms with Crippen LogP contribution >= 0.6 is 0 Å². The number of methoxy groups -OCH3 is 1. The Morgan fingerprint density at radius 2 is 1.94 bits per heavy atom. The first kappa shape index (κ1) is 13.5. The fourth-order valence-corrected chi connectivity index (χ4v) is 1.14. The molecule has 1 rings (SSSR count). The second kappa shape index (κ2) is 7.65. The zero-order valence-corrected chi connectivity index (χ0v) is 9.72. The van der Waals surface area contributed by atoms with Gasteiger partial charge < -0.3 is 19.3 Å². The van der Waals surface area contributed by atoms with Crippen LogP contribution in [-0.4, -0.2) is 38.2 Å². The Balaban J connectivity index is 2.18. The Hall–Kier alpha value is -1.59. The molecule has 0 fully saturated rings. The van der Waals surface area contributed by atoms with Gasteiger partial charge in [0.2, 0.25) is 0 Å². The van der Waals surface area contributed by atoms with Gasteiger partial charge in [-0.25, -0.2) is 0 Å². The van der Waals surface area contributed by atoms with Crippen LogP contribution in [0.1, 0.15) is 5.56 Å². The van der Waals surface area contributed by atoms with Crippen molar-refractivity contribution in [3.05, 3.63) is 29.8 Å². The average Bonchev–Trinajstić information content (AvgIpc) is 2.32. The molecule has 0 amide bonds. The summed E-state index contributed by atoms with van der Waals surface area (Å²) in [6, 6.07) is 6.39. The van der Waals surface area contributed by atoms with Crippen molar-refractivity contribution < 1.29 is 24.1 Å². The molecule has 0 aromatic heterocycles.